The van der Waals surface area contributed by atoms with E-state index in [1.165, 1.54) is 37.7 Å². The molecule has 3 heteroatoms. The zero-order chi connectivity index (χ0) is 14.6. The van der Waals surface area contributed by atoms with E-state index in [0.29, 0.717) is 16.6 Å². The molecule has 3 aliphatic rings. The van der Waals surface area contributed by atoms with Crippen molar-refractivity contribution in [3.8, 4) is 0 Å². The topological polar surface area (TPSA) is 12.0 Å². The summed E-state index contributed by atoms with van der Waals surface area (Å²) in [5.41, 5.74) is 1.18. The SMILES string of the molecule is CC(NC1CC2CC1C1CCCC21)c1ccc(F)c(Br)c1. The van der Waals surface area contributed by atoms with Gasteiger partial charge in [-0.1, -0.05) is 12.5 Å². The monoisotopic (exact) mass is 351 g/mol. The molecule has 0 heterocycles. The summed E-state index contributed by atoms with van der Waals surface area (Å²) >= 11 is 3.29. The van der Waals surface area contributed by atoms with Crippen molar-refractivity contribution in [1.82, 2.24) is 5.32 Å². The second kappa shape index (κ2) is 5.34. The molecule has 0 aromatic heterocycles. The van der Waals surface area contributed by atoms with Crippen LogP contribution in [-0.2, 0) is 0 Å². The highest BCUT2D eigenvalue weighted by Gasteiger charge is 2.53. The lowest BCUT2D eigenvalue weighted by atomic mass is 9.79. The summed E-state index contributed by atoms with van der Waals surface area (Å²) < 4.78 is 13.9. The van der Waals surface area contributed by atoms with Crippen molar-refractivity contribution in [3.05, 3.63) is 34.1 Å². The first-order valence-electron chi connectivity index (χ1n) is 8.34. The quantitative estimate of drug-likeness (QED) is 0.801. The maximum atomic E-state index is 13.4. The van der Waals surface area contributed by atoms with E-state index < -0.39 is 0 Å². The van der Waals surface area contributed by atoms with Crippen molar-refractivity contribution < 1.29 is 4.39 Å². The molecule has 2 bridgehead atoms. The molecule has 0 spiro atoms. The Morgan fingerprint density at radius 3 is 2.81 bits per heavy atom. The molecular weight excluding hydrogens is 329 g/mol. The van der Waals surface area contributed by atoms with E-state index in [1.54, 1.807) is 6.07 Å². The van der Waals surface area contributed by atoms with Gasteiger partial charge in [0.2, 0.25) is 0 Å². The molecule has 1 aromatic carbocycles. The Hall–Kier alpha value is -0.410. The average Bonchev–Trinajstić information content (AvgIpc) is 3.13. The van der Waals surface area contributed by atoms with Gasteiger partial charge in [-0.15, -0.1) is 0 Å². The van der Waals surface area contributed by atoms with Crippen LogP contribution in [0.15, 0.2) is 22.7 Å². The first kappa shape index (κ1) is 14.2. The van der Waals surface area contributed by atoms with Gasteiger partial charge in [0.1, 0.15) is 5.82 Å². The second-order valence-electron chi connectivity index (χ2n) is 7.32. The molecule has 3 saturated carbocycles. The number of benzene rings is 1. The first-order chi connectivity index (χ1) is 10.1. The lowest BCUT2D eigenvalue weighted by molar-refractivity contribution is 0.200. The fraction of sp³-hybridized carbons (Fsp3) is 0.667. The molecule has 0 amide bonds. The van der Waals surface area contributed by atoms with E-state index >= 15 is 0 Å². The Kier molecular flexibility index (Phi) is 3.61. The number of hydrogen-bond donors (Lipinski definition) is 1. The minimum Gasteiger partial charge on any atom is -0.307 e. The van der Waals surface area contributed by atoms with E-state index in [2.05, 4.69) is 28.2 Å². The van der Waals surface area contributed by atoms with Gasteiger partial charge >= 0.3 is 0 Å². The number of halogens is 2. The summed E-state index contributed by atoms with van der Waals surface area (Å²) in [4.78, 5) is 0. The molecular formula is C18H23BrFN. The zero-order valence-corrected chi connectivity index (χ0v) is 14.1. The number of hydrogen-bond acceptors (Lipinski definition) is 1. The number of rotatable bonds is 3. The van der Waals surface area contributed by atoms with E-state index in [9.17, 15) is 4.39 Å². The molecule has 21 heavy (non-hydrogen) atoms. The van der Waals surface area contributed by atoms with Gasteiger partial charge in [0.25, 0.3) is 0 Å². The van der Waals surface area contributed by atoms with Crippen molar-refractivity contribution in [2.45, 2.75) is 51.1 Å². The predicted molar refractivity (Wildman–Crippen MR) is 86.5 cm³/mol. The lowest BCUT2D eigenvalue weighted by Gasteiger charge is -2.34. The fourth-order valence-electron chi connectivity index (χ4n) is 5.46. The third-order valence-electron chi connectivity index (χ3n) is 6.34. The Bertz CT molecular complexity index is 546. The third-order valence-corrected chi connectivity index (χ3v) is 6.94. The van der Waals surface area contributed by atoms with Gasteiger partial charge in [-0.05, 0) is 89.9 Å². The van der Waals surface area contributed by atoms with Gasteiger partial charge in [-0.25, -0.2) is 4.39 Å². The molecule has 1 aromatic rings. The number of nitrogens with one attached hydrogen (secondary N) is 1. The smallest absolute Gasteiger partial charge is 0.137 e. The minimum atomic E-state index is -0.181. The van der Waals surface area contributed by atoms with Gasteiger partial charge in [-0.2, -0.15) is 0 Å². The maximum absolute atomic E-state index is 13.4. The second-order valence-corrected chi connectivity index (χ2v) is 8.18. The van der Waals surface area contributed by atoms with Crippen LogP contribution in [-0.4, -0.2) is 6.04 Å². The summed E-state index contributed by atoms with van der Waals surface area (Å²) in [5.74, 6) is 3.73. The molecule has 3 fully saturated rings. The van der Waals surface area contributed by atoms with Gasteiger partial charge in [0.05, 0.1) is 4.47 Å². The molecule has 4 rings (SSSR count). The van der Waals surface area contributed by atoms with Crippen molar-refractivity contribution in [2.24, 2.45) is 23.7 Å². The molecule has 114 valence electrons. The lowest BCUT2D eigenvalue weighted by Crippen LogP contribution is -2.40. The van der Waals surface area contributed by atoms with Crippen molar-refractivity contribution in [1.29, 1.82) is 0 Å². The summed E-state index contributed by atoms with van der Waals surface area (Å²) in [5, 5.41) is 3.84. The third kappa shape index (κ3) is 2.37. The molecule has 6 unspecified atom stereocenters. The van der Waals surface area contributed by atoms with E-state index in [4.69, 9.17) is 0 Å². The predicted octanol–water partition coefficient (Wildman–Crippen LogP) is 5.06. The van der Waals surface area contributed by atoms with E-state index in [0.717, 1.165) is 23.7 Å². The largest absolute Gasteiger partial charge is 0.307 e. The normalized spacial score (nSPS) is 38.7. The first-order valence-corrected chi connectivity index (χ1v) is 9.14. The highest BCUT2D eigenvalue weighted by molar-refractivity contribution is 9.10. The van der Waals surface area contributed by atoms with Gasteiger partial charge in [0.15, 0.2) is 0 Å². The van der Waals surface area contributed by atoms with Crippen LogP contribution in [0, 0.1) is 29.5 Å². The van der Waals surface area contributed by atoms with Crippen LogP contribution in [0.4, 0.5) is 4.39 Å². The average molecular weight is 352 g/mol. The molecule has 1 nitrogen and oxygen atoms in total. The Morgan fingerprint density at radius 1 is 1.19 bits per heavy atom. The van der Waals surface area contributed by atoms with Gasteiger partial charge < -0.3 is 5.32 Å². The fourth-order valence-corrected chi connectivity index (χ4v) is 5.86. The Labute approximate surface area is 134 Å². The molecule has 3 aliphatic carbocycles. The Morgan fingerprint density at radius 2 is 2.00 bits per heavy atom. The van der Waals surface area contributed by atoms with Crippen LogP contribution in [0.5, 0.6) is 0 Å². The van der Waals surface area contributed by atoms with Crippen LogP contribution < -0.4 is 5.32 Å². The molecule has 0 aliphatic heterocycles. The number of fused-ring (bicyclic) bond motifs is 5. The van der Waals surface area contributed by atoms with E-state index in [-0.39, 0.29) is 5.82 Å². The summed E-state index contributed by atoms with van der Waals surface area (Å²) in [6.07, 6.45) is 7.21. The summed E-state index contributed by atoms with van der Waals surface area (Å²) in [6, 6.07) is 6.35. The van der Waals surface area contributed by atoms with Crippen LogP contribution >= 0.6 is 15.9 Å². The maximum Gasteiger partial charge on any atom is 0.137 e. The van der Waals surface area contributed by atoms with Crippen LogP contribution in [0.1, 0.15) is 50.6 Å². The minimum absolute atomic E-state index is 0.181. The standard InChI is InChI=1S/C18H23BrFN/c1-10(11-5-6-17(20)16(19)8-11)21-18-9-12-7-15(18)14-4-2-3-13(12)14/h5-6,8,10,12-15,18,21H,2-4,7,9H2,1H3. The zero-order valence-electron chi connectivity index (χ0n) is 12.5. The molecule has 0 radical (unpaired) electrons. The molecule has 0 saturated heterocycles. The van der Waals surface area contributed by atoms with Crippen LogP contribution in [0.2, 0.25) is 0 Å². The van der Waals surface area contributed by atoms with Crippen molar-refractivity contribution in [3.63, 3.8) is 0 Å². The van der Waals surface area contributed by atoms with Crippen molar-refractivity contribution >= 4 is 15.9 Å². The highest BCUT2D eigenvalue weighted by Crippen LogP contribution is 2.58. The van der Waals surface area contributed by atoms with Gasteiger partial charge in [-0.3, -0.25) is 0 Å². The highest BCUT2D eigenvalue weighted by atomic mass is 79.9. The van der Waals surface area contributed by atoms with Crippen LogP contribution in [0.3, 0.4) is 0 Å². The van der Waals surface area contributed by atoms with Gasteiger partial charge in [0, 0.05) is 12.1 Å². The molecule has 1 N–H and O–H groups in total. The Balaban J connectivity index is 1.45. The molecule has 6 atom stereocenters. The van der Waals surface area contributed by atoms with Crippen LogP contribution in [0.25, 0.3) is 0 Å². The van der Waals surface area contributed by atoms with E-state index in [1.807, 2.05) is 12.1 Å². The van der Waals surface area contributed by atoms with Crippen molar-refractivity contribution in [2.75, 3.05) is 0 Å². The summed E-state index contributed by atoms with van der Waals surface area (Å²) in [7, 11) is 0. The summed E-state index contributed by atoms with van der Waals surface area (Å²) in [6.45, 7) is 2.21.